The molecule has 0 spiro atoms. The van der Waals surface area contributed by atoms with Gasteiger partial charge in [-0.2, -0.15) is 0 Å². The SMILES string of the molecule is CCC1CN(Cc2cc(Br)ccc2F)C(C(C)C)CN1. The van der Waals surface area contributed by atoms with Crippen molar-refractivity contribution in [3.05, 3.63) is 34.1 Å². The number of nitrogens with one attached hydrogen (secondary N) is 1. The van der Waals surface area contributed by atoms with Crippen molar-refractivity contribution in [2.24, 2.45) is 5.92 Å². The number of hydrogen-bond donors (Lipinski definition) is 1. The highest BCUT2D eigenvalue weighted by Crippen LogP contribution is 2.22. The molecule has 1 aromatic rings. The third kappa shape index (κ3) is 3.80. The highest BCUT2D eigenvalue weighted by Gasteiger charge is 2.29. The zero-order valence-corrected chi connectivity index (χ0v) is 14.1. The molecule has 1 N–H and O–H groups in total. The molecule has 0 aromatic heterocycles. The second-order valence-corrected chi connectivity index (χ2v) is 6.91. The average Bonchev–Trinajstić information content (AvgIpc) is 2.42. The normalized spacial score (nSPS) is 24.3. The van der Waals surface area contributed by atoms with Crippen LogP contribution in [0, 0.1) is 11.7 Å². The smallest absolute Gasteiger partial charge is 0.127 e. The lowest BCUT2D eigenvalue weighted by molar-refractivity contribution is 0.0889. The predicted molar refractivity (Wildman–Crippen MR) is 85.2 cm³/mol. The van der Waals surface area contributed by atoms with E-state index in [1.165, 1.54) is 0 Å². The van der Waals surface area contributed by atoms with Gasteiger partial charge in [-0.15, -0.1) is 0 Å². The second kappa shape index (κ2) is 7.01. The Kier molecular flexibility index (Phi) is 5.58. The highest BCUT2D eigenvalue weighted by atomic mass is 79.9. The first kappa shape index (κ1) is 15.9. The Balaban J connectivity index is 2.16. The zero-order valence-electron chi connectivity index (χ0n) is 12.5. The topological polar surface area (TPSA) is 15.3 Å². The van der Waals surface area contributed by atoms with E-state index in [2.05, 4.69) is 46.9 Å². The summed E-state index contributed by atoms with van der Waals surface area (Å²) in [5.41, 5.74) is 0.779. The molecule has 2 rings (SSSR count). The fourth-order valence-corrected chi connectivity index (χ4v) is 3.30. The van der Waals surface area contributed by atoms with Crippen LogP contribution in [0.1, 0.15) is 32.8 Å². The van der Waals surface area contributed by atoms with Crippen molar-refractivity contribution in [3.63, 3.8) is 0 Å². The molecule has 0 amide bonds. The molecular weight excluding hydrogens is 319 g/mol. The third-order valence-corrected chi connectivity index (χ3v) is 4.68. The van der Waals surface area contributed by atoms with E-state index < -0.39 is 0 Å². The van der Waals surface area contributed by atoms with Crippen molar-refractivity contribution < 1.29 is 4.39 Å². The van der Waals surface area contributed by atoms with Crippen molar-refractivity contribution in [3.8, 4) is 0 Å². The summed E-state index contributed by atoms with van der Waals surface area (Å²) in [7, 11) is 0. The fraction of sp³-hybridized carbons (Fsp3) is 0.625. The maximum atomic E-state index is 14.0. The Morgan fingerprint density at radius 1 is 1.45 bits per heavy atom. The Hall–Kier alpha value is -0.450. The van der Waals surface area contributed by atoms with Crippen LogP contribution in [0.15, 0.2) is 22.7 Å². The van der Waals surface area contributed by atoms with E-state index in [0.717, 1.165) is 29.5 Å². The first-order valence-corrected chi connectivity index (χ1v) is 8.22. The van der Waals surface area contributed by atoms with Crippen LogP contribution < -0.4 is 5.32 Å². The maximum absolute atomic E-state index is 14.0. The molecule has 20 heavy (non-hydrogen) atoms. The summed E-state index contributed by atoms with van der Waals surface area (Å²) in [5.74, 6) is 0.456. The Morgan fingerprint density at radius 3 is 2.85 bits per heavy atom. The minimum Gasteiger partial charge on any atom is -0.311 e. The quantitative estimate of drug-likeness (QED) is 0.895. The van der Waals surface area contributed by atoms with E-state index >= 15 is 0 Å². The summed E-state index contributed by atoms with van der Waals surface area (Å²) in [6.45, 7) is 9.35. The van der Waals surface area contributed by atoms with Gasteiger partial charge in [0.2, 0.25) is 0 Å². The van der Waals surface area contributed by atoms with Gasteiger partial charge in [0.15, 0.2) is 0 Å². The average molecular weight is 343 g/mol. The van der Waals surface area contributed by atoms with Gasteiger partial charge in [-0.25, -0.2) is 4.39 Å². The number of benzene rings is 1. The molecule has 1 fully saturated rings. The van der Waals surface area contributed by atoms with E-state index in [9.17, 15) is 4.39 Å². The first-order valence-electron chi connectivity index (χ1n) is 7.42. The van der Waals surface area contributed by atoms with Gasteiger partial charge in [-0.1, -0.05) is 36.7 Å². The van der Waals surface area contributed by atoms with Crippen molar-refractivity contribution in [2.45, 2.75) is 45.8 Å². The molecule has 1 aliphatic heterocycles. The predicted octanol–water partition coefficient (Wildman–Crippen LogP) is 3.80. The van der Waals surface area contributed by atoms with E-state index in [-0.39, 0.29) is 5.82 Å². The third-order valence-electron chi connectivity index (χ3n) is 4.18. The summed E-state index contributed by atoms with van der Waals surface area (Å²) in [4.78, 5) is 2.43. The summed E-state index contributed by atoms with van der Waals surface area (Å²) >= 11 is 3.43. The van der Waals surface area contributed by atoms with E-state index in [4.69, 9.17) is 0 Å². The van der Waals surface area contributed by atoms with Crippen LogP contribution in [-0.4, -0.2) is 30.1 Å². The summed E-state index contributed by atoms with van der Waals surface area (Å²) < 4.78 is 14.9. The van der Waals surface area contributed by atoms with Crippen molar-refractivity contribution in [1.29, 1.82) is 0 Å². The van der Waals surface area contributed by atoms with Gasteiger partial charge in [-0.3, -0.25) is 4.90 Å². The molecule has 4 heteroatoms. The standard InChI is InChI=1S/C16H24BrFN2/c1-4-14-10-20(16(8-19-14)11(2)3)9-12-7-13(17)5-6-15(12)18/h5-7,11,14,16,19H,4,8-10H2,1-3H3. The molecule has 0 aliphatic carbocycles. The van der Waals surface area contributed by atoms with Crippen LogP contribution in [0.3, 0.4) is 0 Å². The van der Waals surface area contributed by atoms with E-state index in [0.29, 0.717) is 24.5 Å². The molecule has 2 atom stereocenters. The molecule has 0 radical (unpaired) electrons. The van der Waals surface area contributed by atoms with Gasteiger partial charge in [0.1, 0.15) is 5.82 Å². The van der Waals surface area contributed by atoms with Crippen LogP contribution >= 0.6 is 15.9 Å². The van der Waals surface area contributed by atoms with Crippen LogP contribution in [0.4, 0.5) is 4.39 Å². The van der Waals surface area contributed by atoms with E-state index in [1.54, 1.807) is 12.1 Å². The largest absolute Gasteiger partial charge is 0.311 e. The summed E-state index contributed by atoms with van der Waals surface area (Å²) in [6, 6.07) is 6.18. The number of rotatable bonds is 4. The minimum absolute atomic E-state index is 0.109. The lowest BCUT2D eigenvalue weighted by Gasteiger charge is -2.42. The Morgan fingerprint density at radius 2 is 2.20 bits per heavy atom. The highest BCUT2D eigenvalue weighted by molar-refractivity contribution is 9.10. The number of hydrogen-bond acceptors (Lipinski definition) is 2. The van der Waals surface area contributed by atoms with E-state index in [1.807, 2.05) is 6.07 Å². The molecule has 1 aliphatic rings. The Labute approximate surface area is 129 Å². The monoisotopic (exact) mass is 342 g/mol. The van der Waals surface area contributed by atoms with Crippen LogP contribution in [0.5, 0.6) is 0 Å². The lowest BCUT2D eigenvalue weighted by Crippen LogP contribution is -2.57. The summed E-state index contributed by atoms with van der Waals surface area (Å²) in [5, 5.41) is 3.60. The summed E-state index contributed by atoms with van der Waals surface area (Å²) in [6.07, 6.45) is 1.11. The molecule has 112 valence electrons. The van der Waals surface area contributed by atoms with Crippen molar-refractivity contribution in [2.75, 3.05) is 13.1 Å². The number of piperazine rings is 1. The van der Waals surface area contributed by atoms with Crippen molar-refractivity contribution >= 4 is 15.9 Å². The van der Waals surface area contributed by atoms with Gasteiger partial charge in [-0.05, 0) is 30.5 Å². The van der Waals surface area contributed by atoms with Crippen molar-refractivity contribution in [1.82, 2.24) is 10.2 Å². The molecule has 2 unspecified atom stereocenters. The van der Waals surface area contributed by atoms with Crippen LogP contribution in [0.2, 0.25) is 0 Å². The van der Waals surface area contributed by atoms with Gasteiger partial charge < -0.3 is 5.32 Å². The zero-order chi connectivity index (χ0) is 14.7. The van der Waals surface area contributed by atoms with Crippen LogP contribution in [-0.2, 0) is 6.54 Å². The molecule has 2 nitrogen and oxygen atoms in total. The van der Waals surface area contributed by atoms with Crippen LogP contribution in [0.25, 0.3) is 0 Å². The second-order valence-electron chi connectivity index (χ2n) is 5.99. The number of nitrogens with zero attached hydrogens (tertiary/aromatic N) is 1. The lowest BCUT2D eigenvalue weighted by atomic mass is 9.97. The minimum atomic E-state index is -0.109. The molecule has 1 heterocycles. The molecule has 0 bridgehead atoms. The Bertz CT molecular complexity index is 450. The molecule has 0 saturated carbocycles. The maximum Gasteiger partial charge on any atom is 0.127 e. The van der Waals surface area contributed by atoms with Gasteiger partial charge in [0.05, 0.1) is 0 Å². The van der Waals surface area contributed by atoms with Gasteiger partial charge in [0, 0.05) is 41.8 Å². The van der Waals surface area contributed by atoms with Gasteiger partial charge >= 0.3 is 0 Å². The number of halogens is 2. The molecular formula is C16H24BrFN2. The fourth-order valence-electron chi connectivity index (χ4n) is 2.90. The first-order chi connectivity index (χ1) is 9.51. The van der Waals surface area contributed by atoms with Gasteiger partial charge in [0.25, 0.3) is 0 Å². The molecule has 1 aromatic carbocycles. The molecule has 1 saturated heterocycles.